The summed E-state index contributed by atoms with van der Waals surface area (Å²) in [6.07, 6.45) is -1.42. The highest BCUT2D eigenvalue weighted by Gasteiger charge is 2.52. The zero-order valence-electron chi connectivity index (χ0n) is 12.8. The fraction of sp³-hybridized carbons (Fsp3) is 0.867. The van der Waals surface area contributed by atoms with E-state index in [0.29, 0.717) is 12.8 Å². The number of carbonyl (C=O) groups excluding carboxylic acids is 1. The van der Waals surface area contributed by atoms with E-state index < -0.39 is 35.9 Å². The molecule has 0 aromatic rings. The minimum atomic E-state index is -4.49. The van der Waals surface area contributed by atoms with E-state index in [0.717, 1.165) is 33.1 Å². The lowest BCUT2D eigenvalue weighted by molar-refractivity contribution is -0.215. The molecule has 1 aliphatic carbocycles. The minimum Gasteiger partial charge on any atom is -0.480 e. The topological polar surface area (TPSA) is 57.6 Å². The van der Waals surface area contributed by atoms with Crippen LogP contribution >= 0.6 is 0 Å². The molecule has 0 radical (unpaired) electrons. The van der Waals surface area contributed by atoms with Gasteiger partial charge in [-0.25, -0.2) is 4.79 Å². The third kappa shape index (κ3) is 3.08. The van der Waals surface area contributed by atoms with E-state index in [1.165, 1.54) is 4.90 Å². The van der Waals surface area contributed by atoms with Crippen LogP contribution in [0.1, 0.15) is 52.4 Å². The van der Waals surface area contributed by atoms with E-state index in [1.54, 1.807) is 0 Å². The first-order valence-corrected chi connectivity index (χ1v) is 7.65. The Labute approximate surface area is 127 Å². The monoisotopic (exact) mass is 321 g/mol. The second-order valence-corrected chi connectivity index (χ2v) is 7.06. The molecule has 1 saturated heterocycles. The zero-order valence-corrected chi connectivity index (χ0v) is 12.8. The van der Waals surface area contributed by atoms with Crippen LogP contribution < -0.4 is 0 Å². The molecule has 3 atom stereocenters. The highest BCUT2D eigenvalue weighted by Crippen LogP contribution is 2.44. The van der Waals surface area contributed by atoms with Gasteiger partial charge in [0.2, 0.25) is 5.91 Å². The fourth-order valence-electron chi connectivity index (χ4n) is 3.61. The molecule has 1 N–H and O–H groups in total. The van der Waals surface area contributed by atoms with Gasteiger partial charge in [0.15, 0.2) is 0 Å². The van der Waals surface area contributed by atoms with E-state index in [-0.39, 0.29) is 12.0 Å². The van der Waals surface area contributed by atoms with Crippen LogP contribution in [0.15, 0.2) is 0 Å². The molecular formula is C15H22F3NO3. The van der Waals surface area contributed by atoms with Crippen LogP contribution in [-0.4, -0.2) is 40.1 Å². The summed E-state index contributed by atoms with van der Waals surface area (Å²) in [4.78, 5) is 25.1. The largest absolute Gasteiger partial charge is 0.480 e. The zero-order chi connectivity index (χ0) is 16.7. The van der Waals surface area contributed by atoms with Crippen molar-refractivity contribution in [3.8, 4) is 0 Å². The number of carbonyl (C=O) groups is 2. The summed E-state index contributed by atoms with van der Waals surface area (Å²) in [6.45, 7) is 1.96. The van der Waals surface area contributed by atoms with Gasteiger partial charge in [-0.2, -0.15) is 13.2 Å². The van der Waals surface area contributed by atoms with Crippen molar-refractivity contribution in [2.24, 2.45) is 11.3 Å². The Bertz CT molecular complexity index is 461. The second-order valence-electron chi connectivity index (χ2n) is 7.06. The molecule has 2 rings (SSSR count). The van der Waals surface area contributed by atoms with Crippen molar-refractivity contribution >= 4 is 11.9 Å². The van der Waals surface area contributed by atoms with Gasteiger partial charge in [0.05, 0.1) is 5.41 Å². The van der Waals surface area contributed by atoms with Crippen LogP contribution in [0.2, 0.25) is 0 Å². The van der Waals surface area contributed by atoms with Gasteiger partial charge in [0.25, 0.3) is 0 Å². The van der Waals surface area contributed by atoms with Crippen molar-refractivity contribution in [2.45, 2.75) is 70.6 Å². The Hall–Kier alpha value is -1.27. The molecule has 7 heteroatoms. The summed E-state index contributed by atoms with van der Waals surface area (Å²) in [5.74, 6) is -1.70. The number of carboxylic acids is 1. The quantitative estimate of drug-likeness (QED) is 0.868. The molecule has 0 spiro atoms. The molecule has 126 valence electrons. The lowest BCUT2D eigenvalue weighted by atomic mass is 9.84. The normalized spacial score (nSPS) is 29.3. The highest BCUT2D eigenvalue weighted by atomic mass is 19.4. The van der Waals surface area contributed by atoms with Gasteiger partial charge in [-0.15, -0.1) is 0 Å². The SMILES string of the molecule is CC(C)(CC(=O)N1C(C(=O)O)CC2CCCCC21)C(F)(F)F. The predicted molar refractivity (Wildman–Crippen MR) is 73.1 cm³/mol. The lowest BCUT2D eigenvalue weighted by Crippen LogP contribution is -2.48. The van der Waals surface area contributed by atoms with Crippen molar-refractivity contribution in [1.82, 2.24) is 4.90 Å². The van der Waals surface area contributed by atoms with Gasteiger partial charge in [-0.05, 0) is 25.2 Å². The van der Waals surface area contributed by atoms with Gasteiger partial charge in [-0.1, -0.05) is 26.7 Å². The summed E-state index contributed by atoms with van der Waals surface area (Å²) in [5.41, 5.74) is -2.15. The summed E-state index contributed by atoms with van der Waals surface area (Å²) in [7, 11) is 0. The molecule has 2 fully saturated rings. The molecule has 2 aliphatic rings. The standard InChI is InChI=1S/C15H22F3NO3/c1-14(2,15(16,17)18)8-12(20)19-10-6-4-3-5-9(10)7-11(19)13(21)22/h9-11H,3-8H2,1-2H3,(H,21,22). The molecule has 1 heterocycles. The van der Waals surface area contributed by atoms with Gasteiger partial charge in [0.1, 0.15) is 6.04 Å². The Morgan fingerprint density at radius 3 is 2.32 bits per heavy atom. The van der Waals surface area contributed by atoms with Gasteiger partial charge in [-0.3, -0.25) is 4.79 Å². The third-order valence-corrected chi connectivity index (χ3v) is 5.02. The number of amides is 1. The first kappa shape index (κ1) is 17.1. The van der Waals surface area contributed by atoms with E-state index in [4.69, 9.17) is 0 Å². The minimum absolute atomic E-state index is 0.104. The fourth-order valence-corrected chi connectivity index (χ4v) is 3.61. The average Bonchev–Trinajstić information content (AvgIpc) is 2.76. The molecular weight excluding hydrogens is 299 g/mol. The van der Waals surface area contributed by atoms with Crippen LogP contribution in [0.25, 0.3) is 0 Å². The summed E-state index contributed by atoms with van der Waals surface area (Å²) < 4.78 is 38.9. The number of halogens is 3. The van der Waals surface area contributed by atoms with Gasteiger partial charge in [0, 0.05) is 12.5 Å². The Kier molecular flexibility index (Phi) is 4.46. The van der Waals surface area contributed by atoms with Gasteiger partial charge < -0.3 is 10.0 Å². The molecule has 1 amide bonds. The smallest absolute Gasteiger partial charge is 0.394 e. The number of likely N-dealkylation sites (tertiary alicyclic amines) is 1. The van der Waals surface area contributed by atoms with Crippen molar-refractivity contribution in [3.63, 3.8) is 0 Å². The molecule has 22 heavy (non-hydrogen) atoms. The maximum absolute atomic E-state index is 13.0. The lowest BCUT2D eigenvalue weighted by Gasteiger charge is -2.35. The predicted octanol–water partition coefficient (Wildman–Crippen LogP) is 3.21. The first-order valence-electron chi connectivity index (χ1n) is 7.65. The van der Waals surface area contributed by atoms with Crippen molar-refractivity contribution < 1.29 is 27.9 Å². The molecule has 3 unspecified atom stereocenters. The number of rotatable bonds is 3. The number of hydrogen-bond acceptors (Lipinski definition) is 2. The molecule has 0 bridgehead atoms. The Morgan fingerprint density at radius 1 is 1.18 bits per heavy atom. The number of alkyl halides is 3. The molecule has 0 aromatic carbocycles. The number of nitrogens with zero attached hydrogens (tertiary/aromatic N) is 1. The summed E-state index contributed by atoms with van der Waals surface area (Å²) >= 11 is 0. The van der Waals surface area contributed by atoms with Crippen molar-refractivity contribution in [2.75, 3.05) is 0 Å². The molecule has 4 nitrogen and oxygen atoms in total. The van der Waals surface area contributed by atoms with E-state index in [9.17, 15) is 27.9 Å². The van der Waals surface area contributed by atoms with E-state index >= 15 is 0 Å². The van der Waals surface area contributed by atoms with Crippen molar-refractivity contribution in [1.29, 1.82) is 0 Å². The highest BCUT2D eigenvalue weighted by molar-refractivity contribution is 5.85. The molecule has 0 aromatic heterocycles. The first-order chi connectivity index (χ1) is 10.0. The Morgan fingerprint density at radius 2 is 1.77 bits per heavy atom. The summed E-state index contributed by atoms with van der Waals surface area (Å²) in [5, 5.41) is 9.32. The summed E-state index contributed by atoms with van der Waals surface area (Å²) in [6, 6.07) is -1.20. The number of fused-ring (bicyclic) bond motifs is 1. The van der Waals surface area contributed by atoms with Gasteiger partial charge >= 0.3 is 12.1 Å². The average molecular weight is 321 g/mol. The van der Waals surface area contributed by atoms with Crippen LogP contribution in [0.5, 0.6) is 0 Å². The van der Waals surface area contributed by atoms with Crippen LogP contribution in [0.4, 0.5) is 13.2 Å². The van der Waals surface area contributed by atoms with E-state index in [1.807, 2.05) is 0 Å². The number of aliphatic carboxylic acids is 1. The van der Waals surface area contributed by atoms with Crippen LogP contribution in [-0.2, 0) is 9.59 Å². The third-order valence-electron chi connectivity index (χ3n) is 5.02. The molecule has 1 saturated carbocycles. The maximum atomic E-state index is 13.0. The second kappa shape index (κ2) is 5.74. The molecule has 1 aliphatic heterocycles. The van der Waals surface area contributed by atoms with Crippen molar-refractivity contribution in [3.05, 3.63) is 0 Å². The number of hydrogen-bond donors (Lipinski definition) is 1. The Balaban J connectivity index is 2.20. The van der Waals surface area contributed by atoms with Crippen LogP contribution in [0.3, 0.4) is 0 Å². The maximum Gasteiger partial charge on any atom is 0.394 e. The van der Waals surface area contributed by atoms with Crippen LogP contribution in [0, 0.1) is 11.3 Å². The van der Waals surface area contributed by atoms with E-state index in [2.05, 4.69) is 0 Å². The number of carboxylic acid groups (broad SMARTS) is 1.